The van der Waals surface area contributed by atoms with Gasteiger partial charge in [0.15, 0.2) is 0 Å². The number of benzene rings is 1. The molecule has 0 aliphatic carbocycles. The number of carbonyl (C=O) groups is 1. The lowest BCUT2D eigenvalue weighted by Crippen LogP contribution is -2.01. The summed E-state index contributed by atoms with van der Waals surface area (Å²) in [5, 5.41) is 0. The van der Waals surface area contributed by atoms with Crippen LogP contribution in [0.15, 0.2) is 29.1 Å². The maximum Gasteiger partial charge on any atom is 0.323 e. The normalized spacial score (nSPS) is 9.67. The molecule has 5 heteroatoms. The van der Waals surface area contributed by atoms with Gasteiger partial charge < -0.3 is 14.7 Å². The van der Waals surface area contributed by atoms with Crippen LogP contribution in [0.25, 0.3) is 11.0 Å². The fourth-order valence-electron chi connectivity index (χ4n) is 1.41. The van der Waals surface area contributed by atoms with Crippen molar-refractivity contribution in [1.82, 2.24) is 9.97 Å². The second-order valence-corrected chi connectivity index (χ2v) is 3.68. The van der Waals surface area contributed by atoms with Crippen molar-refractivity contribution in [2.24, 2.45) is 0 Å². The Morgan fingerprint density at radius 1 is 1.17 bits per heavy atom. The number of aromatic nitrogens is 2. The number of hydrogen-bond acceptors (Lipinski definition) is 3. The van der Waals surface area contributed by atoms with Gasteiger partial charge in [-0.3, -0.25) is 4.79 Å². The van der Waals surface area contributed by atoms with E-state index in [1.807, 2.05) is 38.1 Å². The minimum absolute atomic E-state index is 0.0880. The largest absolute Gasteiger partial charge is 0.466 e. The second-order valence-electron chi connectivity index (χ2n) is 3.68. The average molecular weight is 250 g/mol. The van der Waals surface area contributed by atoms with Gasteiger partial charge in [-0.25, -0.2) is 4.79 Å². The molecule has 0 radical (unpaired) electrons. The van der Waals surface area contributed by atoms with E-state index in [4.69, 9.17) is 0 Å². The molecule has 1 aromatic carbocycles. The summed E-state index contributed by atoms with van der Waals surface area (Å²) in [5.41, 5.74) is 1.56. The van der Waals surface area contributed by atoms with Gasteiger partial charge in [0, 0.05) is 6.42 Å². The average Bonchev–Trinajstić information content (AvgIpc) is 2.70. The van der Waals surface area contributed by atoms with Gasteiger partial charge >= 0.3 is 11.7 Å². The Morgan fingerprint density at radius 3 is 2.17 bits per heavy atom. The Bertz CT molecular complexity index is 498. The zero-order valence-corrected chi connectivity index (χ0v) is 10.7. The summed E-state index contributed by atoms with van der Waals surface area (Å²) in [6.45, 7) is 4.27. The van der Waals surface area contributed by atoms with Crippen LogP contribution >= 0.6 is 0 Å². The molecule has 1 aromatic heterocycles. The van der Waals surface area contributed by atoms with Crippen LogP contribution in [0.2, 0.25) is 0 Å². The Balaban J connectivity index is 0.000000187. The van der Waals surface area contributed by atoms with Crippen LogP contribution in [-0.4, -0.2) is 22.5 Å². The van der Waals surface area contributed by atoms with E-state index in [2.05, 4.69) is 14.7 Å². The Labute approximate surface area is 105 Å². The standard InChI is InChI=1S/C7H6N2O.C6H12O2/c10-7-8-5-3-1-2-4-6(5)9-7;1-3-5-6(7)8-4-2/h1-4H,(H2,8,9,10);3-5H2,1-2H3. The fourth-order valence-corrected chi connectivity index (χ4v) is 1.41. The summed E-state index contributed by atoms with van der Waals surface area (Å²) in [7, 11) is 0. The highest BCUT2D eigenvalue weighted by atomic mass is 16.5. The molecule has 0 bridgehead atoms. The van der Waals surface area contributed by atoms with Crippen molar-refractivity contribution in [2.45, 2.75) is 26.7 Å². The van der Waals surface area contributed by atoms with Gasteiger partial charge in [-0.1, -0.05) is 19.1 Å². The van der Waals surface area contributed by atoms with Crippen molar-refractivity contribution >= 4 is 17.0 Å². The number of rotatable bonds is 3. The van der Waals surface area contributed by atoms with Gasteiger partial charge in [0.2, 0.25) is 0 Å². The second kappa shape index (κ2) is 7.32. The molecule has 0 saturated carbocycles. The predicted molar refractivity (Wildman–Crippen MR) is 70.5 cm³/mol. The first-order chi connectivity index (χ1) is 8.67. The summed E-state index contributed by atoms with van der Waals surface area (Å²) in [5.74, 6) is -0.0880. The summed E-state index contributed by atoms with van der Waals surface area (Å²) in [6.07, 6.45) is 1.42. The zero-order chi connectivity index (χ0) is 13.4. The van der Waals surface area contributed by atoms with E-state index in [1.54, 1.807) is 0 Å². The van der Waals surface area contributed by atoms with Gasteiger partial charge in [-0.05, 0) is 25.5 Å². The van der Waals surface area contributed by atoms with E-state index >= 15 is 0 Å². The number of esters is 1. The summed E-state index contributed by atoms with van der Waals surface area (Å²) >= 11 is 0. The Kier molecular flexibility index (Phi) is 5.70. The first-order valence-corrected chi connectivity index (χ1v) is 6.00. The van der Waals surface area contributed by atoms with E-state index in [0.29, 0.717) is 13.0 Å². The molecule has 1 heterocycles. The lowest BCUT2D eigenvalue weighted by atomic mass is 10.3. The Morgan fingerprint density at radius 2 is 1.72 bits per heavy atom. The van der Waals surface area contributed by atoms with Crippen LogP contribution in [0, 0.1) is 0 Å². The molecule has 0 saturated heterocycles. The van der Waals surface area contributed by atoms with Crippen molar-refractivity contribution in [3.8, 4) is 0 Å². The third-order valence-electron chi connectivity index (χ3n) is 2.18. The van der Waals surface area contributed by atoms with E-state index in [9.17, 15) is 9.59 Å². The molecule has 5 nitrogen and oxygen atoms in total. The topological polar surface area (TPSA) is 75.0 Å². The van der Waals surface area contributed by atoms with Crippen molar-refractivity contribution in [2.75, 3.05) is 6.61 Å². The maximum absolute atomic E-state index is 10.7. The molecule has 0 amide bonds. The highest BCUT2D eigenvalue weighted by Crippen LogP contribution is 2.03. The lowest BCUT2D eigenvalue weighted by molar-refractivity contribution is -0.143. The van der Waals surface area contributed by atoms with E-state index in [1.165, 1.54) is 0 Å². The third kappa shape index (κ3) is 4.45. The number of carbonyl (C=O) groups excluding carboxylic acids is 1. The maximum atomic E-state index is 10.7. The minimum Gasteiger partial charge on any atom is -0.466 e. The summed E-state index contributed by atoms with van der Waals surface area (Å²) in [6, 6.07) is 7.47. The van der Waals surface area contributed by atoms with Crippen molar-refractivity contribution in [1.29, 1.82) is 0 Å². The van der Waals surface area contributed by atoms with Crippen LogP contribution in [0.5, 0.6) is 0 Å². The molecule has 0 spiro atoms. The molecular formula is C13H18N2O3. The van der Waals surface area contributed by atoms with Gasteiger partial charge in [0.1, 0.15) is 0 Å². The molecule has 0 aliphatic rings. The van der Waals surface area contributed by atoms with Crippen LogP contribution in [0.4, 0.5) is 0 Å². The first-order valence-electron chi connectivity index (χ1n) is 6.00. The molecule has 18 heavy (non-hydrogen) atoms. The zero-order valence-electron chi connectivity index (χ0n) is 10.7. The van der Waals surface area contributed by atoms with E-state index < -0.39 is 0 Å². The number of fused-ring (bicyclic) bond motifs is 1. The van der Waals surface area contributed by atoms with Crippen molar-refractivity contribution in [3.63, 3.8) is 0 Å². The van der Waals surface area contributed by atoms with E-state index in [0.717, 1.165) is 17.5 Å². The van der Waals surface area contributed by atoms with Gasteiger partial charge in [-0.15, -0.1) is 0 Å². The molecule has 0 aliphatic heterocycles. The molecule has 2 aromatic rings. The molecular weight excluding hydrogens is 232 g/mol. The van der Waals surface area contributed by atoms with Crippen LogP contribution < -0.4 is 5.69 Å². The lowest BCUT2D eigenvalue weighted by Gasteiger charge is -1.96. The highest BCUT2D eigenvalue weighted by molar-refractivity contribution is 5.73. The summed E-state index contributed by atoms with van der Waals surface area (Å²) in [4.78, 5) is 26.4. The number of nitrogens with one attached hydrogen (secondary N) is 2. The monoisotopic (exact) mass is 250 g/mol. The molecule has 0 unspecified atom stereocenters. The Hall–Kier alpha value is -2.04. The minimum atomic E-state index is -0.152. The third-order valence-corrected chi connectivity index (χ3v) is 2.18. The number of hydrogen-bond donors (Lipinski definition) is 2. The number of aromatic amines is 2. The molecule has 2 N–H and O–H groups in total. The van der Waals surface area contributed by atoms with Gasteiger partial charge in [0.05, 0.1) is 17.6 Å². The predicted octanol–water partition coefficient (Wildman–Crippen LogP) is 2.21. The van der Waals surface area contributed by atoms with Gasteiger partial charge in [0.25, 0.3) is 0 Å². The van der Waals surface area contributed by atoms with Crippen molar-refractivity contribution in [3.05, 3.63) is 34.7 Å². The first kappa shape index (κ1) is 14.0. The highest BCUT2D eigenvalue weighted by Gasteiger charge is 1.95. The quantitative estimate of drug-likeness (QED) is 0.820. The molecule has 0 atom stereocenters. The number of para-hydroxylation sites is 2. The SMILES string of the molecule is CCCC(=O)OCC.O=c1[nH]c2ccccc2[nH]1. The smallest absolute Gasteiger partial charge is 0.323 e. The number of H-pyrrole nitrogens is 2. The van der Waals surface area contributed by atoms with Gasteiger partial charge in [-0.2, -0.15) is 0 Å². The number of ether oxygens (including phenoxy) is 1. The van der Waals surface area contributed by atoms with Crippen LogP contribution in [0.1, 0.15) is 26.7 Å². The fraction of sp³-hybridized carbons (Fsp3) is 0.385. The van der Waals surface area contributed by atoms with Crippen molar-refractivity contribution < 1.29 is 9.53 Å². The summed E-state index contributed by atoms with van der Waals surface area (Å²) < 4.78 is 4.64. The molecule has 2 rings (SSSR count). The van der Waals surface area contributed by atoms with Crippen LogP contribution in [-0.2, 0) is 9.53 Å². The molecule has 98 valence electrons. The molecule has 0 fully saturated rings. The number of imidazole rings is 1. The van der Waals surface area contributed by atoms with E-state index in [-0.39, 0.29) is 11.7 Å². The van der Waals surface area contributed by atoms with Crippen LogP contribution in [0.3, 0.4) is 0 Å².